The molecule has 2 rings (SSSR count). The first kappa shape index (κ1) is 13.4. The average Bonchev–Trinajstić information content (AvgIpc) is 2.41. The topological polar surface area (TPSA) is 24.1 Å². The van der Waals surface area contributed by atoms with Gasteiger partial charge in [0.15, 0.2) is 0 Å². The smallest absolute Gasteiger partial charge is 0.0345 e. The summed E-state index contributed by atoms with van der Waals surface area (Å²) in [6, 6.07) is 9.54. The van der Waals surface area contributed by atoms with Crippen LogP contribution < -0.4 is 10.6 Å². The largest absolute Gasteiger partial charge is 0.382 e. The lowest BCUT2D eigenvalue weighted by atomic mass is 9.95. The van der Waals surface area contributed by atoms with Crippen LogP contribution in [0, 0.1) is 0 Å². The molecule has 1 aromatic carbocycles. The molecule has 2 N–H and O–H groups in total. The zero-order chi connectivity index (χ0) is 12.6. The number of benzene rings is 1. The fourth-order valence-electron chi connectivity index (χ4n) is 2.66. The summed E-state index contributed by atoms with van der Waals surface area (Å²) in [4.78, 5) is 0. The van der Waals surface area contributed by atoms with Crippen molar-refractivity contribution in [2.24, 2.45) is 0 Å². The highest BCUT2D eigenvalue weighted by Crippen LogP contribution is 2.22. The van der Waals surface area contributed by atoms with Gasteiger partial charge in [0.2, 0.25) is 0 Å². The lowest BCUT2D eigenvalue weighted by molar-refractivity contribution is 0.462. The highest BCUT2D eigenvalue weighted by atomic mass is 14.9. The van der Waals surface area contributed by atoms with Crippen LogP contribution in [0.1, 0.15) is 51.0 Å². The molecule has 0 spiro atoms. The Bertz CT molecular complexity index is 343. The van der Waals surface area contributed by atoms with Gasteiger partial charge in [-0.3, -0.25) is 0 Å². The first-order valence-electron chi connectivity index (χ1n) is 7.44. The first-order chi connectivity index (χ1) is 8.88. The van der Waals surface area contributed by atoms with E-state index in [1.54, 1.807) is 0 Å². The third-order valence-electron chi connectivity index (χ3n) is 3.66. The molecule has 0 radical (unpaired) electrons. The van der Waals surface area contributed by atoms with Gasteiger partial charge in [-0.1, -0.05) is 38.3 Å². The van der Waals surface area contributed by atoms with E-state index in [0.29, 0.717) is 6.04 Å². The van der Waals surface area contributed by atoms with E-state index in [1.807, 2.05) is 0 Å². The maximum absolute atomic E-state index is 3.68. The van der Waals surface area contributed by atoms with E-state index < -0.39 is 0 Å². The van der Waals surface area contributed by atoms with Gasteiger partial charge in [0.05, 0.1) is 0 Å². The van der Waals surface area contributed by atoms with Gasteiger partial charge >= 0.3 is 0 Å². The van der Waals surface area contributed by atoms with Crippen LogP contribution in [0.25, 0.3) is 0 Å². The molecule has 0 unspecified atom stereocenters. The molecule has 0 heterocycles. The Morgan fingerprint density at radius 1 is 1.17 bits per heavy atom. The van der Waals surface area contributed by atoms with E-state index >= 15 is 0 Å². The molecular weight excluding hydrogens is 220 g/mol. The van der Waals surface area contributed by atoms with Crippen molar-refractivity contribution >= 4 is 5.69 Å². The van der Waals surface area contributed by atoms with E-state index in [4.69, 9.17) is 0 Å². The van der Waals surface area contributed by atoms with E-state index in [-0.39, 0.29) is 0 Å². The lowest BCUT2D eigenvalue weighted by Gasteiger charge is -2.24. The van der Waals surface area contributed by atoms with Crippen LogP contribution in [0.2, 0.25) is 0 Å². The van der Waals surface area contributed by atoms with Crippen LogP contribution in [0.5, 0.6) is 0 Å². The minimum atomic E-state index is 0.692. The van der Waals surface area contributed by atoms with Crippen LogP contribution in [0.4, 0.5) is 5.69 Å². The van der Waals surface area contributed by atoms with Crippen LogP contribution >= 0.6 is 0 Å². The number of rotatable bonds is 6. The summed E-state index contributed by atoms with van der Waals surface area (Å²) in [6.45, 7) is 4.28. The van der Waals surface area contributed by atoms with Crippen molar-refractivity contribution in [1.29, 1.82) is 0 Å². The van der Waals surface area contributed by atoms with Gasteiger partial charge < -0.3 is 10.6 Å². The summed E-state index contributed by atoms with van der Waals surface area (Å²) in [5.74, 6) is 0. The molecule has 2 nitrogen and oxygen atoms in total. The summed E-state index contributed by atoms with van der Waals surface area (Å²) < 4.78 is 0. The first-order valence-corrected chi connectivity index (χ1v) is 7.44. The van der Waals surface area contributed by atoms with Gasteiger partial charge in [-0.2, -0.15) is 0 Å². The van der Waals surface area contributed by atoms with Crippen LogP contribution in [-0.2, 0) is 6.54 Å². The van der Waals surface area contributed by atoms with Gasteiger partial charge in [0.25, 0.3) is 0 Å². The third kappa shape index (κ3) is 4.34. The summed E-state index contributed by atoms with van der Waals surface area (Å²) in [5, 5.41) is 7.14. The second kappa shape index (κ2) is 7.42. The second-order valence-corrected chi connectivity index (χ2v) is 5.36. The predicted molar refractivity (Wildman–Crippen MR) is 78.9 cm³/mol. The molecule has 2 heteroatoms. The predicted octanol–water partition coefficient (Wildman–Crippen LogP) is 3.93. The normalized spacial score (nSPS) is 16.7. The maximum Gasteiger partial charge on any atom is 0.0345 e. The molecule has 1 aliphatic carbocycles. The molecule has 0 bridgehead atoms. The summed E-state index contributed by atoms with van der Waals surface area (Å²) in [5.41, 5.74) is 2.67. The Morgan fingerprint density at radius 2 is 2.00 bits per heavy atom. The van der Waals surface area contributed by atoms with Crippen LogP contribution in [0.3, 0.4) is 0 Å². The summed E-state index contributed by atoms with van der Waals surface area (Å²) >= 11 is 0. The Balaban J connectivity index is 1.85. The fourth-order valence-corrected chi connectivity index (χ4v) is 2.66. The monoisotopic (exact) mass is 246 g/mol. The van der Waals surface area contributed by atoms with Gasteiger partial charge in [0, 0.05) is 18.3 Å². The minimum Gasteiger partial charge on any atom is -0.382 e. The standard InChI is InChI=1S/C16H26N2/c1-2-11-17-13-14-7-6-10-16(12-14)18-15-8-4-3-5-9-15/h6-7,10,12,15,17-18H,2-5,8-9,11,13H2,1H3. The fraction of sp³-hybridized carbons (Fsp3) is 0.625. The highest BCUT2D eigenvalue weighted by molar-refractivity contribution is 5.46. The quantitative estimate of drug-likeness (QED) is 0.743. The summed E-state index contributed by atoms with van der Waals surface area (Å²) in [6.07, 6.45) is 8.04. The van der Waals surface area contributed by atoms with E-state index in [9.17, 15) is 0 Å². The van der Waals surface area contributed by atoms with Crippen molar-refractivity contribution in [2.45, 2.75) is 58.0 Å². The van der Waals surface area contributed by atoms with Gasteiger partial charge in [-0.15, -0.1) is 0 Å². The van der Waals surface area contributed by atoms with E-state index in [1.165, 1.54) is 49.8 Å². The molecule has 100 valence electrons. The Kier molecular flexibility index (Phi) is 5.53. The molecule has 1 aliphatic rings. The highest BCUT2D eigenvalue weighted by Gasteiger charge is 2.12. The molecule has 0 amide bonds. The Hall–Kier alpha value is -1.02. The molecule has 0 aromatic heterocycles. The number of anilines is 1. The molecule has 1 saturated carbocycles. The van der Waals surface area contributed by atoms with Gasteiger partial charge in [0.1, 0.15) is 0 Å². The van der Waals surface area contributed by atoms with Crippen molar-refractivity contribution in [1.82, 2.24) is 5.32 Å². The van der Waals surface area contributed by atoms with Crippen molar-refractivity contribution in [3.8, 4) is 0 Å². The van der Waals surface area contributed by atoms with Crippen molar-refractivity contribution < 1.29 is 0 Å². The summed E-state index contributed by atoms with van der Waals surface area (Å²) in [7, 11) is 0. The molecule has 0 aliphatic heterocycles. The van der Waals surface area contributed by atoms with Crippen molar-refractivity contribution in [2.75, 3.05) is 11.9 Å². The third-order valence-corrected chi connectivity index (χ3v) is 3.66. The second-order valence-electron chi connectivity index (χ2n) is 5.36. The van der Waals surface area contributed by atoms with Gasteiger partial charge in [-0.05, 0) is 43.5 Å². The average molecular weight is 246 g/mol. The minimum absolute atomic E-state index is 0.692. The number of hydrogen-bond donors (Lipinski definition) is 2. The lowest BCUT2D eigenvalue weighted by Crippen LogP contribution is -2.22. The number of nitrogens with one attached hydrogen (secondary N) is 2. The number of hydrogen-bond acceptors (Lipinski definition) is 2. The Labute approximate surface area is 111 Å². The van der Waals surface area contributed by atoms with Crippen molar-refractivity contribution in [3.63, 3.8) is 0 Å². The molecule has 1 fully saturated rings. The van der Waals surface area contributed by atoms with Gasteiger partial charge in [-0.25, -0.2) is 0 Å². The van der Waals surface area contributed by atoms with Crippen LogP contribution in [0.15, 0.2) is 24.3 Å². The molecule has 18 heavy (non-hydrogen) atoms. The van der Waals surface area contributed by atoms with Crippen LogP contribution in [-0.4, -0.2) is 12.6 Å². The van der Waals surface area contributed by atoms with E-state index in [0.717, 1.165) is 13.1 Å². The van der Waals surface area contributed by atoms with Crippen molar-refractivity contribution in [3.05, 3.63) is 29.8 Å². The molecule has 0 saturated heterocycles. The zero-order valence-electron chi connectivity index (χ0n) is 11.5. The molecule has 0 atom stereocenters. The Morgan fingerprint density at radius 3 is 2.78 bits per heavy atom. The maximum atomic E-state index is 3.68. The van der Waals surface area contributed by atoms with E-state index in [2.05, 4.69) is 41.8 Å². The zero-order valence-corrected chi connectivity index (χ0v) is 11.5. The SMILES string of the molecule is CCCNCc1cccc(NC2CCCCC2)c1. The molecular formula is C16H26N2. The molecule has 1 aromatic rings.